The maximum absolute atomic E-state index is 12.7. The fourth-order valence-electron chi connectivity index (χ4n) is 4.06. The van der Waals surface area contributed by atoms with E-state index in [0.29, 0.717) is 22.7 Å². The first-order valence-electron chi connectivity index (χ1n) is 11.4. The van der Waals surface area contributed by atoms with Crippen molar-refractivity contribution >= 4 is 113 Å². The summed E-state index contributed by atoms with van der Waals surface area (Å²) in [6, 6.07) is 18.0. The largest absolute Gasteiger partial charge is 0.573 e. The van der Waals surface area contributed by atoms with Crippen molar-refractivity contribution in [2.45, 2.75) is 26.1 Å². The van der Waals surface area contributed by atoms with E-state index in [1.165, 1.54) is 12.1 Å². The Morgan fingerprint density at radius 2 is 0.951 bits per heavy atom. The van der Waals surface area contributed by atoms with Crippen LogP contribution in [0.2, 0.25) is 0 Å². The molecule has 4 rings (SSSR count). The quantitative estimate of drug-likeness (QED) is 0.142. The molecular formula is C28H15F6I5O2. The van der Waals surface area contributed by atoms with Crippen LogP contribution in [0.15, 0.2) is 60.7 Å². The normalized spacial score (nSPS) is 12.0. The number of benzene rings is 4. The summed E-state index contributed by atoms with van der Waals surface area (Å²) in [7, 11) is 0. The van der Waals surface area contributed by atoms with Crippen LogP contribution in [0, 0.1) is 24.8 Å². The van der Waals surface area contributed by atoms with Crippen molar-refractivity contribution in [1.82, 2.24) is 0 Å². The minimum atomic E-state index is -4.76. The van der Waals surface area contributed by atoms with Crippen molar-refractivity contribution in [2.24, 2.45) is 0 Å². The lowest BCUT2D eigenvalue weighted by Gasteiger charge is -2.16. The maximum Gasteiger partial charge on any atom is 0.573 e. The predicted molar refractivity (Wildman–Crippen MR) is 188 cm³/mol. The molecule has 0 bridgehead atoms. The molecule has 0 amide bonds. The van der Waals surface area contributed by atoms with E-state index in [2.05, 4.69) is 54.7 Å². The SMILES string of the molecule is Cc1c(OC(F)(F)F)ccc(-c2ccc(Cc3ccc(-c4ccc(OC(F)(F)F)c(I)c4I)c(I)c3)cc2I)c1I. The van der Waals surface area contributed by atoms with Crippen LogP contribution in [-0.4, -0.2) is 12.7 Å². The average Bonchev–Trinajstić information content (AvgIpc) is 2.85. The Morgan fingerprint density at radius 1 is 0.537 bits per heavy atom. The van der Waals surface area contributed by atoms with Gasteiger partial charge < -0.3 is 9.47 Å². The van der Waals surface area contributed by atoms with Gasteiger partial charge in [0.25, 0.3) is 0 Å². The number of halogens is 11. The lowest BCUT2D eigenvalue weighted by molar-refractivity contribution is -0.275. The predicted octanol–water partition coefficient (Wildman–Crippen LogP) is 11.7. The molecule has 0 aliphatic rings. The highest BCUT2D eigenvalue weighted by Crippen LogP contribution is 2.39. The van der Waals surface area contributed by atoms with Crippen molar-refractivity contribution in [1.29, 1.82) is 0 Å². The summed E-state index contributed by atoms with van der Waals surface area (Å²) in [4.78, 5) is 0. The highest BCUT2D eigenvalue weighted by atomic mass is 127. The molecule has 0 heterocycles. The van der Waals surface area contributed by atoms with Crippen molar-refractivity contribution < 1.29 is 35.8 Å². The highest BCUT2D eigenvalue weighted by molar-refractivity contribution is 14.1. The topological polar surface area (TPSA) is 18.5 Å². The van der Waals surface area contributed by atoms with Gasteiger partial charge >= 0.3 is 12.7 Å². The van der Waals surface area contributed by atoms with E-state index < -0.39 is 12.7 Å². The molecule has 0 spiro atoms. The van der Waals surface area contributed by atoms with Crippen LogP contribution in [0.1, 0.15) is 16.7 Å². The van der Waals surface area contributed by atoms with Gasteiger partial charge in [-0.25, -0.2) is 0 Å². The third-order valence-electron chi connectivity index (χ3n) is 5.89. The molecule has 0 unspecified atom stereocenters. The third-order valence-corrected chi connectivity index (χ3v) is 12.3. The van der Waals surface area contributed by atoms with Crippen LogP contribution in [0.5, 0.6) is 11.5 Å². The van der Waals surface area contributed by atoms with E-state index in [1.807, 2.05) is 104 Å². The first-order valence-corrected chi connectivity index (χ1v) is 16.8. The molecule has 0 aromatic heterocycles. The lowest BCUT2D eigenvalue weighted by Crippen LogP contribution is -2.18. The van der Waals surface area contributed by atoms with Crippen molar-refractivity contribution in [3.63, 3.8) is 0 Å². The Hall–Kier alpha value is -0.290. The Kier molecular flexibility index (Phi) is 11.0. The van der Waals surface area contributed by atoms with Gasteiger partial charge in [0, 0.05) is 19.8 Å². The van der Waals surface area contributed by atoms with E-state index in [9.17, 15) is 26.3 Å². The van der Waals surface area contributed by atoms with E-state index in [0.717, 1.165) is 40.5 Å². The molecular weight excluding hydrogens is 1120 g/mol. The lowest BCUT2D eigenvalue weighted by atomic mass is 9.98. The van der Waals surface area contributed by atoms with Crippen LogP contribution in [0.4, 0.5) is 26.3 Å². The van der Waals surface area contributed by atoms with Crippen LogP contribution < -0.4 is 9.47 Å². The van der Waals surface area contributed by atoms with Crippen molar-refractivity contribution in [2.75, 3.05) is 0 Å². The number of hydrogen-bond donors (Lipinski definition) is 0. The zero-order valence-corrected chi connectivity index (χ0v) is 31.2. The fraction of sp³-hybridized carbons (Fsp3) is 0.143. The minimum Gasteiger partial charge on any atom is -0.405 e. The Labute approximate surface area is 300 Å². The summed E-state index contributed by atoms with van der Waals surface area (Å²) in [5.74, 6) is -0.448. The van der Waals surface area contributed by atoms with Crippen molar-refractivity contribution in [3.8, 4) is 33.8 Å². The zero-order valence-electron chi connectivity index (χ0n) is 20.5. The van der Waals surface area contributed by atoms with Gasteiger partial charge in [-0.3, -0.25) is 0 Å². The molecule has 13 heteroatoms. The molecule has 216 valence electrons. The Bertz CT molecular complexity index is 1500. The fourth-order valence-corrected chi connectivity index (χ4v) is 7.86. The van der Waals surface area contributed by atoms with E-state index in [-0.39, 0.29) is 11.5 Å². The molecule has 0 radical (unpaired) electrons. The standard InChI is InChI=1S/C28H15F6I5O2/c1-13-22(40-27(29,30)31)8-6-18(24(13)37)16-4-2-14(11-20(16)35)10-15-3-5-17(21(36)12-15)19-7-9-23(26(39)25(19)38)41-28(32,33)34/h2-9,11-12H,10H2,1H3. The molecule has 41 heavy (non-hydrogen) atoms. The summed E-state index contributed by atoms with van der Waals surface area (Å²) >= 11 is 10.4. The van der Waals surface area contributed by atoms with Gasteiger partial charge in [-0.1, -0.05) is 24.3 Å². The van der Waals surface area contributed by atoms with Gasteiger partial charge in [0.2, 0.25) is 0 Å². The van der Waals surface area contributed by atoms with E-state index >= 15 is 0 Å². The molecule has 4 aromatic carbocycles. The zero-order chi connectivity index (χ0) is 30.3. The molecule has 0 saturated heterocycles. The van der Waals surface area contributed by atoms with Gasteiger partial charge in [0.15, 0.2) is 0 Å². The summed E-state index contributed by atoms with van der Waals surface area (Å²) in [5.41, 5.74) is 5.99. The van der Waals surface area contributed by atoms with Gasteiger partial charge in [-0.15, -0.1) is 26.3 Å². The molecule has 0 saturated carbocycles. The second-order valence-electron chi connectivity index (χ2n) is 8.69. The van der Waals surface area contributed by atoms with Crippen molar-refractivity contribution in [3.05, 3.63) is 95.2 Å². The third kappa shape index (κ3) is 8.46. The molecule has 2 nitrogen and oxygen atoms in total. The van der Waals surface area contributed by atoms with Crippen LogP contribution in [0.3, 0.4) is 0 Å². The second kappa shape index (κ2) is 13.4. The summed E-state index contributed by atoms with van der Waals surface area (Å²) in [6.45, 7) is 1.60. The molecule has 0 aliphatic heterocycles. The van der Waals surface area contributed by atoms with Gasteiger partial charge in [-0.2, -0.15) is 0 Å². The van der Waals surface area contributed by atoms with Crippen LogP contribution >= 0.6 is 113 Å². The summed E-state index contributed by atoms with van der Waals surface area (Å²) in [5, 5.41) is 0. The smallest absolute Gasteiger partial charge is 0.405 e. The number of ether oxygens (including phenoxy) is 2. The van der Waals surface area contributed by atoms with E-state index in [4.69, 9.17) is 0 Å². The van der Waals surface area contributed by atoms with Crippen LogP contribution in [-0.2, 0) is 6.42 Å². The number of alkyl halides is 6. The van der Waals surface area contributed by atoms with Gasteiger partial charge in [-0.05, 0) is 196 Å². The molecule has 0 atom stereocenters. The number of hydrogen-bond acceptors (Lipinski definition) is 2. The van der Waals surface area contributed by atoms with Gasteiger partial charge in [0.1, 0.15) is 11.5 Å². The first kappa shape index (κ1) is 33.6. The van der Waals surface area contributed by atoms with E-state index in [1.54, 1.807) is 19.1 Å². The number of rotatable bonds is 6. The Balaban J connectivity index is 1.57. The molecule has 0 N–H and O–H groups in total. The van der Waals surface area contributed by atoms with Gasteiger partial charge in [0.05, 0.1) is 3.57 Å². The summed E-state index contributed by atoms with van der Waals surface area (Å²) < 4.78 is 88.3. The second-order valence-corrected chi connectivity index (χ2v) is 14.3. The molecule has 0 fully saturated rings. The molecule has 0 aliphatic carbocycles. The monoisotopic (exact) mass is 1130 g/mol. The average molecular weight is 1130 g/mol. The maximum atomic E-state index is 12.7. The minimum absolute atomic E-state index is 0.217. The van der Waals surface area contributed by atoms with Crippen LogP contribution in [0.25, 0.3) is 22.3 Å². The first-order chi connectivity index (χ1) is 19.0. The highest BCUT2D eigenvalue weighted by Gasteiger charge is 2.33. The summed E-state index contributed by atoms with van der Waals surface area (Å²) in [6.07, 6.45) is -8.87. The Morgan fingerprint density at radius 3 is 1.41 bits per heavy atom. The molecule has 4 aromatic rings.